The summed E-state index contributed by atoms with van der Waals surface area (Å²) in [5.74, 6) is 0.452. The first-order valence-electron chi connectivity index (χ1n) is 9.12. The summed E-state index contributed by atoms with van der Waals surface area (Å²) < 4.78 is 15.9. The number of benzene rings is 2. The number of rotatable bonds is 4. The molecule has 146 valence electrons. The quantitative estimate of drug-likeness (QED) is 0.576. The zero-order valence-corrected chi connectivity index (χ0v) is 16.7. The van der Waals surface area contributed by atoms with E-state index in [0.717, 1.165) is 5.56 Å². The minimum absolute atomic E-state index is 0.0688. The Morgan fingerprint density at radius 3 is 2.39 bits per heavy atom. The molecule has 28 heavy (non-hydrogen) atoms. The largest absolute Gasteiger partial charge is 0.479 e. The summed E-state index contributed by atoms with van der Waals surface area (Å²) in [6.45, 7) is 8.06. The Morgan fingerprint density at radius 2 is 1.79 bits per heavy atom. The van der Waals surface area contributed by atoms with E-state index >= 15 is 0 Å². The predicted octanol–water partition coefficient (Wildman–Crippen LogP) is 4.54. The molecule has 0 amide bonds. The first kappa shape index (κ1) is 19.7. The van der Waals surface area contributed by atoms with Crippen LogP contribution in [0.1, 0.15) is 49.2 Å². The molecule has 2 aromatic rings. The summed E-state index contributed by atoms with van der Waals surface area (Å²) in [5.41, 5.74) is 2.65. The number of allylic oxidation sites excluding steroid dienone is 1. The van der Waals surface area contributed by atoms with E-state index in [9.17, 15) is 9.59 Å². The summed E-state index contributed by atoms with van der Waals surface area (Å²) in [6, 6.07) is 12.9. The van der Waals surface area contributed by atoms with Gasteiger partial charge in [0.25, 0.3) is 0 Å². The number of ether oxygens (including phenoxy) is 3. The molecule has 1 heterocycles. The maximum Gasteiger partial charge on any atom is 0.346 e. The topological polar surface area (TPSA) is 61.8 Å². The van der Waals surface area contributed by atoms with Crippen LogP contribution in [0.2, 0.25) is 0 Å². The zero-order valence-electron chi connectivity index (χ0n) is 16.7. The number of methoxy groups -OCH3 is 1. The Balaban J connectivity index is 1.79. The van der Waals surface area contributed by atoms with Crippen LogP contribution in [0.3, 0.4) is 0 Å². The number of carbonyl (C=O) groups excluding carboxylic acids is 2. The molecule has 0 bridgehead atoms. The maximum atomic E-state index is 12.6. The van der Waals surface area contributed by atoms with Crippen molar-refractivity contribution < 1.29 is 23.8 Å². The number of hydrogen-bond donors (Lipinski definition) is 0. The number of fused-ring (bicyclic) bond motifs is 1. The van der Waals surface area contributed by atoms with E-state index in [2.05, 4.69) is 37.6 Å². The monoisotopic (exact) mass is 380 g/mol. The van der Waals surface area contributed by atoms with Crippen LogP contribution in [0, 0.1) is 0 Å². The van der Waals surface area contributed by atoms with E-state index in [-0.39, 0.29) is 17.0 Å². The summed E-state index contributed by atoms with van der Waals surface area (Å²) in [5, 5.41) is 0. The van der Waals surface area contributed by atoms with Crippen LogP contribution in [-0.4, -0.2) is 25.0 Å². The van der Waals surface area contributed by atoms with Crippen molar-refractivity contribution in [1.29, 1.82) is 0 Å². The van der Waals surface area contributed by atoms with Gasteiger partial charge < -0.3 is 14.2 Å². The fraction of sp³-hybridized carbons (Fsp3) is 0.304. The Bertz CT molecular complexity index is 932. The standard InChI is InChI=1S/C23H24O5/c1-14(22(25)26-5)27-17-10-11-18-19(13-17)28-20(21(18)24)12-15-6-8-16(9-7-15)23(2,3)4/h6-14H,1-5H3/b20-12-. The first-order valence-corrected chi connectivity index (χ1v) is 9.12. The fourth-order valence-corrected chi connectivity index (χ4v) is 2.89. The lowest BCUT2D eigenvalue weighted by Gasteiger charge is -2.18. The van der Waals surface area contributed by atoms with Gasteiger partial charge in [0.15, 0.2) is 11.9 Å². The van der Waals surface area contributed by atoms with Gasteiger partial charge in [-0.25, -0.2) is 4.79 Å². The number of ketones is 1. The number of Topliss-reactive ketones (excluding diaryl/α,β-unsaturated/α-hetero) is 1. The van der Waals surface area contributed by atoms with Gasteiger partial charge in [-0.15, -0.1) is 0 Å². The Labute approximate surface area is 164 Å². The van der Waals surface area contributed by atoms with Crippen molar-refractivity contribution in [2.45, 2.75) is 39.2 Å². The molecule has 5 heteroatoms. The molecular weight excluding hydrogens is 356 g/mol. The van der Waals surface area contributed by atoms with E-state index < -0.39 is 12.1 Å². The second kappa shape index (κ2) is 7.50. The second-order valence-electron chi connectivity index (χ2n) is 7.75. The molecule has 0 aromatic heterocycles. The van der Waals surface area contributed by atoms with Crippen LogP contribution < -0.4 is 9.47 Å². The highest BCUT2D eigenvalue weighted by atomic mass is 16.6. The molecule has 0 saturated carbocycles. The lowest BCUT2D eigenvalue weighted by Crippen LogP contribution is -2.24. The molecule has 1 atom stereocenters. The van der Waals surface area contributed by atoms with E-state index in [4.69, 9.17) is 9.47 Å². The van der Waals surface area contributed by atoms with Crippen molar-refractivity contribution >= 4 is 17.8 Å². The second-order valence-corrected chi connectivity index (χ2v) is 7.75. The third kappa shape index (κ3) is 4.09. The van der Waals surface area contributed by atoms with Gasteiger partial charge >= 0.3 is 5.97 Å². The molecule has 3 rings (SSSR count). The van der Waals surface area contributed by atoms with Gasteiger partial charge in [0.2, 0.25) is 5.78 Å². The zero-order chi connectivity index (χ0) is 20.5. The molecular formula is C23H24O5. The van der Waals surface area contributed by atoms with E-state index in [1.807, 2.05) is 12.1 Å². The third-order valence-corrected chi connectivity index (χ3v) is 4.56. The minimum atomic E-state index is -0.753. The molecule has 5 nitrogen and oxygen atoms in total. The molecule has 0 N–H and O–H groups in total. The van der Waals surface area contributed by atoms with Crippen LogP contribution in [0.25, 0.3) is 6.08 Å². The van der Waals surface area contributed by atoms with Crippen molar-refractivity contribution in [1.82, 2.24) is 0 Å². The van der Waals surface area contributed by atoms with Crippen molar-refractivity contribution in [2.24, 2.45) is 0 Å². The minimum Gasteiger partial charge on any atom is -0.479 e. The van der Waals surface area contributed by atoms with Gasteiger partial charge in [0.05, 0.1) is 12.7 Å². The normalized spacial score (nSPS) is 15.8. The summed E-state index contributed by atoms with van der Waals surface area (Å²) in [7, 11) is 1.30. The molecule has 1 aliphatic heterocycles. The molecule has 2 aromatic carbocycles. The smallest absolute Gasteiger partial charge is 0.346 e. The molecule has 0 spiro atoms. The van der Waals surface area contributed by atoms with Gasteiger partial charge in [-0.2, -0.15) is 0 Å². The highest BCUT2D eigenvalue weighted by Crippen LogP contribution is 2.35. The third-order valence-electron chi connectivity index (χ3n) is 4.56. The van der Waals surface area contributed by atoms with Crippen LogP contribution in [0.4, 0.5) is 0 Å². The van der Waals surface area contributed by atoms with E-state index in [1.54, 1.807) is 31.2 Å². The number of carbonyl (C=O) groups is 2. The Kier molecular flexibility index (Phi) is 5.27. The average molecular weight is 380 g/mol. The van der Waals surface area contributed by atoms with E-state index in [0.29, 0.717) is 17.1 Å². The summed E-state index contributed by atoms with van der Waals surface area (Å²) in [6.07, 6.45) is 0.975. The average Bonchev–Trinajstić information content (AvgIpc) is 2.95. The highest BCUT2D eigenvalue weighted by molar-refractivity contribution is 6.14. The highest BCUT2D eigenvalue weighted by Gasteiger charge is 2.28. The molecule has 0 aliphatic carbocycles. The molecule has 0 saturated heterocycles. The molecule has 0 radical (unpaired) electrons. The van der Waals surface area contributed by atoms with Crippen molar-refractivity contribution in [3.63, 3.8) is 0 Å². The fourth-order valence-electron chi connectivity index (χ4n) is 2.89. The van der Waals surface area contributed by atoms with Gasteiger partial charge in [-0.3, -0.25) is 4.79 Å². The Morgan fingerprint density at radius 1 is 1.11 bits per heavy atom. The van der Waals surface area contributed by atoms with Crippen molar-refractivity contribution in [3.05, 3.63) is 64.9 Å². The van der Waals surface area contributed by atoms with Gasteiger partial charge in [0, 0.05) is 6.07 Å². The van der Waals surface area contributed by atoms with Gasteiger partial charge in [-0.05, 0) is 41.7 Å². The SMILES string of the molecule is COC(=O)C(C)Oc1ccc2c(c1)O/C(=C\c1ccc(C(C)(C)C)cc1)C2=O. The van der Waals surface area contributed by atoms with Crippen LogP contribution >= 0.6 is 0 Å². The number of hydrogen-bond acceptors (Lipinski definition) is 5. The molecule has 1 aliphatic rings. The predicted molar refractivity (Wildman–Crippen MR) is 107 cm³/mol. The van der Waals surface area contributed by atoms with Crippen LogP contribution in [0.5, 0.6) is 11.5 Å². The van der Waals surface area contributed by atoms with Crippen LogP contribution in [-0.2, 0) is 14.9 Å². The van der Waals surface area contributed by atoms with Crippen molar-refractivity contribution in [2.75, 3.05) is 7.11 Å². The molecule has 1 unspecified atom stereocenters. The van der Waals surface area contributed by atoms with Crippen LogP contribution in [0.15, 0.2) is 48.2 Å². The summed E-state index contributed by atoms with van der Waals surface area (Å²) in [4.78, 5) is 24.1. The first-order chi connectivity index (χ1) is 13.2. The molecule has 0 fully saturated rings. The van der Waals surface area contributed by atoms with Crippen molar-refractivity contribution in [3.8, 4) is 11.5 Å². The lowest BCUT2D eigenvalue weighted by atomic mass is 9.86. The lowest BCUT2D eigenvalue weighted by molar-refractivity contribution is -0.147. The maximum absolute atomic E-state index is 12.6. The summed E-state index contributed by atoms with van der Waals surface area (Å²) >= 11 is 0. The van der Waals surface area contributed by atoms with Gasteiger partial charge in [0.1, 0.15) is 11.5 Å². The van der Waals surface area contributed by atoms with E-state index in [1.165, 1.54) is 12.7 Å². The number of esters is 1. The Hall–Kier alpha value is -3.08. The van der Waals surface area contributed by atoms with Gasteiger partial charge in [-0.1, -0.05) is 45.0 Å².